The third-order valence-corrected chi connectivity index (χ3v) is 4.12. The molecule has 104 valence electrons. The lowest BCUT2D eigenvalue weighted by molar-refractivity contribution is -0.118. The molecule has 1 heterocycles. The van der Waals surface area contributed by atoms with E-state index >= 15 is 0 Å². The minimum Gasteiger partial charge on any atom is -0.325 e. The number of para-hydroxylation sites is 1. The predicted octanol–water partition coefficient (Wildman–Crippen LogP) is 3.20. The minimum atomic E-state index is 0.0925. The first-order valence-corrected chi connectivity index (χ1v) is 7.19. The maximum absolute atomic E-state index is 12.2. The number of piperidine rings is 1. The van der Waals surface area contributed by atoms with Crippen molar-refractivity contribution in [2.24, 2.45) is 0 Å². The molecular weight excluding hydrogens is 236 g/mol. The van der Waals surface area contributed by atoms with E-state index < -0.39 is 0 Å². The number of nitrogens with zero attached hydrogens (tertiary/aromatic N) is 1. The van der Waals surface area contributed by atoms with Gasteiger partial charge in [-0.1, -0.05) is 24.6 Å². The topological polar surface area (TPSA) is 32.3 Å². The van der Waals surface area contributed by atoms with Crippen molar-refractivity contribution < 1.29 is 4.79 Å². The molecule has 1 aromatic carbocycles. The van der Waals surface area contributed by atoms with Gasteiger partial charge in [-0.2, -0.15) is 0 Å². The summed E-state index contributed by atoms with van der Waals surface area (Å²) >= 11 is 0. The molecule has 0 bridgehead atoms. The van der Waals surface area contributed by atoms with Crippen LogP contribution in [0.15, 0.2) is 24.3 Å². The Bertz CT molecular complexity index is 434. The van der Waals surface area contributed by atoms with Crippen molar-refractivity contribution in [2.45, 2.75) is 52.1 Å². The third kappa shape index (κ3) is 3.57. The first kappa shape index (κ1) is 14.1. The van der Waals surface area contributed by atoms with Crippen molar-refractivity contribution in [1.82, 2.24) is 4.90 Å². The number of hydrogen-bond acceptors (Lipinski definition) is 2. The monoisotopic (exact) mass is 260 g/mol. The summed E-state index contributed by atoms with van der Waals surface area (Å²) in [6.45, 7) is 6.95. The lowest BCUT2D eigenvalue weighted by atomic mass is 9.97. The number of hydrogen-bond donors (Lipinski definition) is 1. The van der Waals surface area contributed by atoms with Crippen LogP contribution in [0.1, 0.15) is 38.7 Å². The fourth-order valence-electron chi connectivity index (χ4n) is 2.86. The summed E-state index contributed by atoms with van der Waals surface area (Å²) < 4.78 is 0. The first-order valence-electron chi connectivity index (χ1n) is 7.19. The zero-order chi connectivity index (χ0) is 13.8. The Kier molecular flexibility index (Phi) is 4.59. The zero-order valence-electron chi connectivity index (χ0n) is 12.1. The molecule has 0 saturated carbocycles. The summed E-state index contributed by atoms with van der Waals surface area (Å²) in [6, 6.07) is 8.92. The quantitative estimate of drug-likeness (QED) is 0.905. The fraction of sp³-hybridized carbons (Fsp3) is 0.562. The summed E-state index contributed by atoms with van der Waals surface area (Å²) in [5, 5.41) is 3.02. The van der Waals surface area contributed by atoms with Crippen LogP contribution >= 0.6 is 0 Å². The van der Waals surface area contributed by atoms with Gasteiger partial charge in [0.1, 0.15) is 0 Å². The minimum absolute atomic E-state index is 0.0925. The molecule has 2 rings (SSSR count). The lowest BCUT2D eigenvalue weighted by Gasteiger charge is -2.38. The second-order valence-electron chi connectivity index (χ2n) is 5.66. The van der Waals surface area contributed by atoms with E-state index in [2.05, 4.69) is 24.1 Å². The Morgan fingerprint density at radius 3 is 2.53 bits per heavy atom. The van der Waals surface area contributed by atoms with Gasteiger partial charge in [0.05, 0.1) is 6.54 Å². The Hall–Kier alpha value is -1.35. The molecule has 1 amide bonds. The molecule has 0 aliphatic carbocycles. The molecule has 1 saturated heterocycles. The number of anilines is 1. The highest BCUT2D eigenvalue weighted by Crippen LogP contribution is 2.22. The van der Waals surface area contributed by atoms with Crippen molar-refractivity contribution in [1.29, 1.82) is 0 Å². The number of benzene rings is 1. The lowest BCUT2D eigenvalue weighted by Crippen LogP contribution is -2.47. The highest BCUT2D eigenvalue weighted by molar-refractivity contribution is 5.92. The summed E-state index contributed by atoms with van der Waals surface area (Å²) in [7, 11) is 0. The number of carbonyl (C=O) groups excluding carboxylic acids is 1. The van der Waals surface area contributed by atoms with Crippen LogP contribution in [-0.2, 0) is 4.79 Å². The number of carbonyl (C=O) groups is 1. The van der Waals surface area contributed by atoms with Gasteiger partial charge < -0.3 is 5.32 Å². The summed E-state index contributed by atoms with van der Waals surface area (Å²) in [5.74, 6) is 0.0925. The van der Waals surface area contributed by atoms with Crippen LogP contribution in [0.3, 0.4) is 0 Å². The van der Waals surface area contributed by atoms with E-state index in [-0.39, 0.29) is 5.91 Å². The maximum atomic E-state index is 12.2. The number of likely N-dealkylation sites (tertiary alicyclic amines) is 1. The number of rotatable bonds is 3. The Morgan fingerprint density at radius 1 is 1.26 bits per heavy atom. The molecule has 1 aromatic rings. The Morgan fingerprint density at radius 2 is 1.89 bits per heavy atom. The van der Waals surface area contributed by atoms with Gasteiger partial charge >= 0.3 is 0 Å². The predicted molar refractivity (Wildman–Crippen MR) is 79.3 cm³/mol. The van der Waals surface area contributed by atoms with Crippen molar-refractivity contribution in [3.8, 4) is 0 Å². The molecule has 2 unspecified atom stereocenters. The second-order valence-corrected chi connectivity index (χ2v) is 5.66. The average molecular weight is 260 g/mol. The van der Waals surface area contributed by atoms with Gasteiger partial charge in [-0.3, -0.25) is 9.69 Å². The summed E-state index contributed by atoms with van der Waals surface area (Å²) in [6.07, 6.45) is 3.67. The van der Waals surface area contributed by atoms with E-state index in [9.17, 15) is 4.79 Å². The normalized spacial score (nSPS) is 24.2. The number of nitrogens with one attached hydrogen (secondary N) is 1. The Labute approximate surface area is 116 Å². The van der Waals surface area contributed by atoms with Crippen LogP contribution in [-0.4, -0.2) is 29.4 Å². The highest BCUT2D eigenvalue weighted by atomic mass is 16.2. The molecule has 0 spiro atoms. The molecule has 2 atom stereocenters. The van der Waals surface area contributed by atoms with Crippen LogP contribution in [0.25, 0.3) is 0 Å². The first-order chi connectivity index (χ1) is 9.08. The van der Waals surface area contributed by atoms with Crippen molar-refractivity contribution >= 4 is 11.6 Å². The molecule has 3 nitrogen and oxygen atoms in total. The van der Waals surface area contributed by atoms with E-state index in [1.165, 1.54) is 19.3 Å². The van der Waals surface area contributed by atoms with E-state index in [0.717, 1.165) is 11.3 Å². The maximum Gasteiger partial charge on any atom is 0.238 e. The van der Waals surface area contributed by atoms with Crippen LogP contribution in [0.2, 0.25) is 0 Å². The van der Waals surface area contributed by atoms with Crippen LogP contribution in [0.4, 0.5) is 5.69 Å². The fourth-order valence-corrected chi connectivity index (χ4v) is 2.86. The molecule has 3 heteroatoms. The van der Waals surface area contributed by atoms with E-state index in [0.29, 0.717) is 18.6 Å². The summed E-state index contributed by atoms with van der Waals surface area (Å²) in [4.78, 5) is 14.5. The average Bonchev–Trinajstić information content (AvgIpc) is 2.37. The second kappa shape index (κ2) is 6.20. The Balaban J connectivity index is 1.96. The molecule has 1 aliphatic heterocycles. The van der Waals surface area contributed by atoms with Gasteiger partial charge in [-0.15, -0.1) is 0 Å². The van der Waals surface area contributed by atoms with E-state index in [1.54, 1.807) is 0 Å². The van der Waals surface area contributed by atoms with Crippen LogP contribution in [0, 0.1) is 6.92 Å². The van der Waals surface area contributed by atoms with E-state index in [4.69, 9.17) is 0 Å². The van der Waals surface area contributed by atoms with Crippen molar-refractivity contribution in [2.75, 3.05) is 11.9 Å². The van der Waals surface area contributed by atoms with Crippen molar-refractivity contribution in [3.05, 3.63) is 29.8 Å². The zero-order valence-corrected chi connectivity index (χ0v) is 12.1. The standard InChI is InChI=1S/C16H24N2O/c1-12-7-4-5-10-15(12)17-16(19)11-18-13(2)8-6-9-14(18)3/h4-5,7,10,13-14H,6,8-9,11H2,1-3H3,(H,17,19). The molecule has 0 aromatic heterocycles. The number of aryl methyl sites for hydroxylation is 1. The summed E-state index contributed by atoms with van der Waals surface area (Å²) in [5.41, 5.74) is 2.03. The molecule has 0 radical (unpaired) electrons. The van der Waals surface area contributed by atoms with Gasteiger partial charge in [0.2, 0.25) is 5.91 Å². The third-order valence-electron chi connectivity index (χ3n) is 4.12. The van der Waals surface area contributed by atoms with Crippen molar-refractivity contribution in [3.63, 3.8) is 0 Å². The van der Waals surface area contributed by atoms with Gasteiger partial charge in [0.15, 0.2) is 0 Å². The molecule has 1 aliphatic rings. The molecule has 1 N–H and O–H groups in total. The smallest absolute Gasteiger partial charge is 0.238 e. The number of amides is 1. The molecular formula is C16H24N2O. The molecule has 19 heavy (non-hydrogen) atoms. The van der Waals surface area contributed by atoms with Gasteiger partial charge in [0.25, 0.3) is 0 Å². The van der Waals surface area contributed by atoms with E-state index in [1.807, 2.05) is 31.2 Å². The molecule has 1 fully saturated rings. The van der Waals surface area contributed by atoms with Crippen LogP contribution in [0.5, 0.6) is 0 Å². The van der Waals surface area contributed by atoms with Crippen LogP contribution < -0.4 is 5.32 Å². The SMILES string of the molecule is Cc1ccccc1NC(=O)CN1C(C)CCCC1C. The van der Waals surface area contributed by atoms with Gasteiger partial charge in [-0.25, -0.2) is 0 Å². The van der Waals surface area contributed by atoms with Gasteiger partial charge in [-0.05, 0) is 45.2 Å². The largest absolute Gasteiger partial charge is 0.325 e. The van der Waals surface area contributed by atoms with Gasteiger partial charge in [0, 0.05) is 17.8 Å². The highest BCUT2D eigenvalue weighted by Gasteiger charge is 2.26.